The van der Waals surface area contributed by atoms with E-state index in [2.05, 4.69) is 25.2 Å². The molecule has 1 saturated heterocycles. The maximum atomic E-state index is 16.6. The molecule has 2 atom stereocenters. The zero-order chi connectivity index (χ0) is 30.1. The predicted molar refractivity (Wildman–Crippen MR) is 163 cm³/mol. The topological polar surface area (TPSA) is 96.3 Å². The lowest BCUT2D eigenvalue weighted by Gasteiger charge is -2.38. The number of fused-ring (bicyclic) bond motifs is 1. The first-order valence-electron chi connectivity index (χ1n) is 13.9. The van der Waals surface area contributed by atoms with E-state index >= 15 is 4.39 Å². The van der Waals surface area contributed by atoms with Crippen LogP contribution in [-0.2, 0) is 24.3 Å². The number of alkyl halides is 1. The van der Waals surface area contributed by atoms with Gasteiger partial charge >= 0.3 is 0 Å². The van der Waals surface area contributed by atoms with E-state index < -0.39 is 29.3 Å². The summed E-state index contributed by atoms with van der Waals surface area (Å²) in [6.45, 7) is 6.81. The number of hydrogen-bond acceptors (Lipinski definition) is 8. The number of nitrogens with one attached hydrogen (secondary N) is 1. The van der Waals surface area contributed by atoms with Crippen LogP contribution in [0, 0.1) is 19.7 Å². The molecule has 2 unspecified atom stereocenters. The summed E-state index contributed by atoms with van der Waals surface area (Å²) in [5.41, 5.74) is 2.63. The first-order chi connectivity index (χ1) is 20.1. The van der Waals surface area contributed by atoms with Crippen molar-refractivity contribution in [2.45, 2.75) is 38.3 Å². The van der Waals surface area contributed by atoms with E-state index in [-0.39, 0.29) is 27.2 Å². The standard InChI is InChI=1S/C30H35F2N7O2S/c1-6-25-33-16-20(17-34-25)38-9-11-39(12-10-38)29-27(32)26-21(13-18(2)14-22(26)30(40)37(29)4)24(15-31)36-23-8-7-19(3)35-28(23)42(5)41/h7-8,13-14,16-17,24,36H,6,9-12,15H2,1-5H3. The molecular formula is C30H35F2N7O2S. The molecule has 0 radical (unpaired) electrons. The molecule has 0 aliphatic carbocycles. The second-order valence-electron chi connectivity index (χ2n) is 10.6. The van der Waals surface area contributed by atoms with Crippen LogP contribution in [0.2, 0.25) is 0 Å². The lowest BCUT2D eigenvalue weighted by atomic mass is 9.96. The van der Waals surface area contributed by atoms with Crippen LogP contribution in [0.5, 0.6) is 0 Å². The van der Waals surface area contributed by atoms with Crippen LogP contribution < -0.4 is 20.7 Å². The van der Waals surface area contributed by atoms with Gasteiger partial charge in [-0.05, 0) is 43.2 Å². The summed E-state index contributed by atoms with van der Waals surface area (Å²) < 4.78 is 45.1. The minimum Gasteiger partial charge on any atom is -0.373 e. The zero-order valence-corrected chi connectivity index (χ0v) is 25.3. The second kappa shape index (κ2) is 12.1. The lowest BCUT2D eigenvalue weighted by Crippen LogP contribution is -2.48. The molecule has 1 fully saturated rings. The van der Waals surface area contributed by atoms with Crippen molar-refractivity contribution < 1.29 is 13.0 Å². The molecule has 12 heteroatoms. The number of piperazine rings is 1. The second-order valence-corrected chi connectivity index (χ2v) is 11.9. The highest BCUT2D eigenvalue weighted by Gasteiger charge is 2.28. The molecule has 0 saturated carbocycles. The van der Waals surface area contributed by atoms with Crippen LogP contribution in [0.4, 0.5) is 26.0 Å². The number of aromatic nitrogens is 4. The number of benzene rings is 1. The summed E-state index contributed by atoms with van der Waals surface area (Å²) in [5.74, 6) is 0.364. The molecule has 1 N–H and O–H groups in total. The lowest BCUT2D eigenvalue weighted by molar-refractivity contribution is 0.453. The molecule has 0 bridgehead atoms. The molecule has 42 heavy (non-hydrogen) atoms. The molecular weight excluding hydrogens is 560 g/mol. The molecule has 1 aromatic carbocycles. The average Bonchev–Trinajstić information content (AvgIpc) is 2.99. The van der Waals surface area contributed by atoms with Crippen molar-refractivity contribution >= 4 is 38.8 Å². The number of aryl methyl sites for hydroxylation is 3. The monoisotopic (exact) mass is 595 g/mol. The molecule has 4 heterocycles. The highest BCUT2D eigenvalue weighted by atomic mass is 32.2. The molecule has 1 aliphatic rings. The van der Waals surface area contributed by atoms with Crippen molar-refractivity contribution in [2.75, 3.05) is 54.2 Å². The molecule has 4 aromatic rings. The van der Waals surface area contributed by atoms with Crippen molar-refractivity contribution in [3.05, 3.63) is 75.5 Å². The fraction of sp³-hybridized carbons (Fsp3) is 0.400. The molecule has 5 rings (SSSR count). The van der Waals surface area contributed by atoms with Crippen molar-refractivity contribution in [3.63, 3.8) is 0 Å². The Kier molecular flexibility index (Phi) is 8.53. The fourth-order valence-electron chi connectivity index (χ4n) is 5.51. The van der Waals surface area contributed by atoms with Crippen molar-refractivity contribution in [3.8, 4) is 0 Å². The van der Waals surface area contributed by atoms with Gasteiger partial charge in [-0.3, -0.25) is 13.6 Å². The van der Waals surface area contributed by atoms with E-state index in [1.165, 1.54) is 10.8 Å². The van der Waals surface area contributed by atoms with Gasteiger partial charge in [0.2, 0.25) is 0 Å². The van der Waals surface area contributed by atoms with Gasteiger partial charge in [0.15, 0.2) is 5.82 Å². The Morgan fingerprint density at radius 2 is 1.74 bits per heavy atom. The summed E-state index contributed by atoms with van der Waals surface area (Å²) >= 11 is 0. The van der Waals surface area contributed by atoms with Gasteiger partial charge in [0.05, 0.1) is 46.0 Å². The Balaban J connectivity index is 1.54. The zero-order valence-electron chi connectivity index (χ0n) is 24.4. The van der Waals surface area contributed by atoms with Gasteiger partial charge in [-0.15, -0.1) is 0 Å². The number of hydrogen-bond donors (Lipinski definition) is 1. The van der Waals surface area contributed by atoms with Gasteiger partial charge in [-0.1, -0.05) is 13.0 Å². The van der Waals surface area contributed by atoms with E-state index in [9.17, 15) is 13.4 Å². The quantitative estimate of drug-likeness (QED) is 0.324. The van der Waals surface area contributed by atoms with Gasteiger partial charge in [0, 0.05) is 57.0 Å². The summed E-state index contributed by atoms with van der Waals surface area (Å²) in [6.07, 6.45) is 5.86. The largest absolute Gasteiger partial charge is 0.373 e. The SMILES string of the molecule is CCc1ncc(N2CCN(c3c(F)c4c(C(CF)Nc5ccc(C)nc5S(C)=O)cc(C)cc4c(=O)n3C)CC2)cn1. The summed E-state index contributed by atoms with van der Waals surface area (Å²) in [6, 6.07) is 5.77. The Labute approximate surface area is 246 Å². The highest BCUT2D eigenvalue weighted by molar-refractivity contribution is 7.84. The van der Waals surface area contributed by atoms with Gasteiger partial charge in [-0.25, -0.2) is 23.7 Å². The molecule has 9 nitrogen and oxygen atoms in total. The fourth-order valence-corrected chi connectivity index (χ4v) is 6.22. The van der Waals surface area contributed by atoms with Crippen LogP contribution in [-0.4, -0.2) is 62.8 Å². The van der Waals surface area contributed by atoms with Crippen LogP contribution in [0.15, 0.2) is 46.5 Å². The van der Waals surface area contributed by atoms with Crippen molar-refractivity contribution in [1.82, 2.24) is 19.5 Å². The van der Waals surface area contributed by atoms with E-state index in [0.717, 1.165) is 17.9 Å². The summed E-state index contributed by atoms with van der Waals surface area (Å²) in [5, 5.41) is 3.65. The maximum absolute atomic E-state index is 16.6. The third-order valence-corrected chi connectivity index (χ3v) is 8.52. The van der Waals surface area contributed by atoms with Gasteiger partial charge in [0.1, 0.15) is 23.3 Å². The molecule has 3 aromatic heterocycles. The molecule has 0 spiro atoms. The van der Waals surface area contributed by atoms with Crippen molar-refractivity contribution in [1.29, 1.82) is 0 Å². The minimum absolute atomic E-state index is 0.0825. The molecule has 1 aliphatic heterocycles. The Hall–Kier alpha value is -3.93. The van der Waals surface area contributed by atoms with Crippen molar-refractivity contribution in [2.24, 2.45) is 7.05 Å². The highest BCUT2D eigenvalue weighted by Crippen LogP contribution is 2.34. The number of pyridine rings is 2. The van der Waals surface area contributed by atoms with Crippen LogP contribution in [0.25, 0.3) is 10.8 Å². The summed E-state index contributed by atoms with van der Waals surface area (Å²) in [4.78, 5) is 30.7. The predicted octanol–water partition coefficient (Wildman–Crippen LogP) is 4.23. The number of halogens is 2. The minimum atomic E-state index is -1.44. The Morgan fingerprint density at radius 1 is 1.07 bits per heavy atom. The third-order valence-electron chi connectivity index (χ3n) is 7.67. The van der Waals surface area contributed by atoms with Gasteiger partial charge in [0.25, 0.3) is 5.56 Å². The number of rotatable bonds is 8. The van der Waals surface area contributed by atoms with Gasteiger partial charge < -0.3 is 15.1 Å². The Bertz CT molecular complexity index is 1700. The smallest absolute Gasteiger partial charge is 0.259 e. The normalized spacial score (nSPS) is 15.2. The van der Waals surface area contributed by atoms with E-state index in [1.54, 1.807) is 57.6 Å². The first kappa shape index (κ1) is 29.6. The molecule has 222 valence electrons. The number of anilines is 3. The van der Waals surface area contributed by atoms with Crippen LogP contribution in [0.3, 0.4) is 0 Å². The Morgan fingerprint density at radius 3 is 2.36 bits per heavy atom. The van der Waals surface area contributed by atoms with E-state index in [0.29, 0.717) is 48.7 Å². The maximum Gasteiger partial charge on any atom is 0.259 e. The average molecular weight is 596 g/mol. The molecule has 0 amide bonds. The first-order valence-corrected chi connectivity index (χ1v) is 15.5. The summed E-state index contributed by atoms with van der Waals surface area (Å²) in [7, 11) is 0.131. The number of nitrogens with zero attached hydrogens (tertiary/aromatic N) is 6. The van der Waals surface area contributed by atoms with E-state index in [1.807, 2.05) is 11.8 Å². The van der Waals surface area contributed by atoms with Crippen LogP contribution in [0.1, 0.15) is 35.6 Å². The van der Waals surface area contributed by atoms with Crippen LogP contribution >= 0.6 is 0 Å². The third kappa shape index (κ3) is 5.59. The van der Waals surface area contributed by atoms with Gasteiger partial charge in [-0.2, -0.15) is 0 Å². The van der Waals surface area contributed by atoms with E-state index in [4.69, 9.17) is 0 Å².